The molecule has 0 saturated carbocycles. The highest BCUT2D eigenvalue weighted by Gasteiger charge is 2.20. The number of nitrogens with two attached hydrogens (primary N) is 1. The topological polar surface area (TPSA) is 116 Å². The molecule has 0 aromatic heterocycles. The van der Waals surface area contributed by atoms with E-state index >= 15 is 0 Å². The minimum atomic E-state index is -1.20. The number of nitro groups is 1. The normalized spacial score (nSPS) is 12.2. The minimum Gasteiger partial charge on any atom is -0.491 e. The fourth-order valence-corrected chi connectivity index (χ4v) is 1.56. The van der Waals surface area contributed by atoms with Gasteiger partial charge in [0.2, 0.25) is 0 Å². The molecule has 0 unspecified atom stereocenters. The molecule has 0 heterocycles. The number of rotatable bonds is 6. The molecule has 0 amide bonds. The van der Waals surface area contributed by atoms with E-state index in [1.54, 1.807) is 19.9 Å². The van der Waals surface area contributed by atoms with Crippen molar-refractivity contribution in [2.45, 2.75) is 32.4 Å². The molecule has 0 aliphatic rings. The van der Waals surface area contributed by atoms with E-state index in [0.717, 1.165) is 0 Å². The van der Waals surface area contributed by atoms with Crippen LogP contribution in [0.5, 0.6) is 5.75 Å². The lowest BCUT2D eigenvalue weighted by Crippen LogP contribution is -2.32. The molecule has 19 heavy (non-hydrogen) atoms. The van der Waals surface area contributed by atoms with Gasteiger partial charge in [-0.05, 0) is 26.0 Å². The summed E-state index contributed by atoms with van der Waals surface area (Å²) in [5.41, 5.74) is 5.47. The Balaban J connectivity index is 3.04. The molecule has 0 spiro atoms. The SMILES string of the molecule is CC(C)Oc1ccc(C[C@H](N)C(=O)O)c([N+](=O)[O-])c1. The number of carbonyl (C=O) groups is 1. The molecule has 1 aromatic rings. The van der Waals surface area contributed by atoms with E-state index in [2.05, 4.69) is 0 Å². The predicted octanol–water partition coefficient (Wildman–Crippen LogP) is 1.34. The Morgan fingerprint density at radius 2 is 2.16 bits per heavy atom. The molecule has 0 aliphatic carbocycles. The van der Waals surface area contributed by atoms with Gasteiger partial charge in [0.15, 0.2) is 0 Å². The van der Waals surface area contributed by atoms with Crippen molar-refractivity contribution in [1.29, 1.82) is 0 Å². The summed E-state index contributed by atoms with van der Waals surface area (Å²) >= 11 is 0. The van der Waals surface area contributed by atoms with Crippen LogP contribution in [0.2, 0.25) is 0 Å². The molecule has 7 heteroatoms. The van der Waals surface area contributed by atoms with E-state index in [1.807, 2.05) is 0 Å². The summed E-state index contributed by atoms with van der Waals surface area (Å²) < 4.78 is 5.36. The van der Waals surface area contributed by atoms with Crippen molar-refractivity contribution in [1.82, 2.24) is 0 Å². The average Bonchev–Trinajstić information content (AvgIpc) is 2.29. The van der Waals surface area contributed by atoms with E-state index in [1.165, 1.54) is 12.1 Å². The van der Waals surface area contributed by atoms with Gasteiger partial charge in [-0.15, -0.1) is 0 Å². The summed E-state index contributed by atoms with van der Waals surface area (Å²) in [4.78, 5) is 21.1. The van der Waals surface area contributed by atoms with Crippen molar-refractivity contribution in [3.05, 3.63) is 33.9 Å². The molecule has 0 fully saturated rings. The van der Waals surface area contributed by atoms with Crippen LogP contribution in [-0.2, 0) is 11.2 Å². The highest BCUT2D eigenvalue weighted by Crippen LogP contribution is 2.26. The summed E-state index contributed by atoms with van der Waals surface area (Å²) in [5.74, 6) is -0.828. The zero-order valence-electron chi connectivity index (χ0n) is 10.7. The Morgan fingerprint density at radius 3 is 2.63 bits per heavy atom. The lowest BCUT2D eigenvalue weighted by Gasteiger charge is -2.11. The number of carboxylic acid groups (broad SMARTS) is 1. The zero-order chi connectivity index (χ0) is 14.6. The largest absolute Gasteiger partial charge is 0.491 e. The van der Waals surface area contributed by atoms with E-state index in [9.17, 15) is 14.9 Å². The van der Waals surface area contributed by atoms with Crippen LogP contribution in [0.4, 0.5) is 5.69 Å². The second-order valence-electron chi connectivity index (χ2n) is 4.36. The summed E-state index contributed by atoms with van der Waals surface area (Å²) in [6.45, 7) is 3.61. The third kappa shape index (κ3) is 4.22. The van der Waals surface area contributed by atoms with Crippen LogP contribution in [0, 0.1) is 10.1 Å². The summed E-state index contributed by atoms with van der Waals surface area (Å²) in [5, 5.41) is 19.7. The molecule has 1 atom stereocenters. The number of carboxylic acids is 1. The van der Waals surface area contributed by atoms with Crippen LogP contribution < -0.4 is 10.5 Å². The summed E-state index contributed by atoms with van der Waals surface area (Å²) in [7, 11) is 0. The standard InChI is InChI=1S/C12H16N2O5/c1-7(2)19-9-4-3-8(5-10(13)12(15)16)11(6-9)14(17)18/h3-4,6-7,10H,5,13H2,1-2H3,(H,15,16)/t10-/m0/s1. The maximum absolute atomic E-state index is 11.0. The number of hydrogen-bond donors (Lipinski definition) is 2. The molecule has 0 bridgehead atoms. The fourth-order valence-electron chi connectivity index (χ4n) is 1.56. The van der Waals surface area contributed by atoms with Gasteiger partial charge in [-0.3, -0.25) is 14.9 Å². The van der Waals surface area contributed by atoms with E-state index in [4.69, 9.17) is 15.6 Å². The molecule has 0 saturated heterocycles. The summed E-state index contributed by atoms with van der Waals surface area (Å²) in [6, 6.07) is 3.15. The van der Waals surface area contributed by atoms with E-state index in [0.29, 0.717) is 5.75 Å². The van der Waals surface area contributed by atoms with Crippen LogP contribution >= 0.6 is 0 Å². The Bertz CT molecular complexity index is 487. The van der Waals surface area contributed by atoms with Gasteiger partial charge in [-0.1, -0.05) is 0 Å². The number of benzene rings is 1. The maximum atomic E-state index is 11.0. The van der Waals surface area contributed by atoms with Gasteiger partial charge in [-0.25, -0.2) is 0 Å². The number of hydrogen-bond acceptors (Lipinski definition) is 5. The average molecular weight is 268 g/mol. The van der Waals surface area contributed by atoms with Crippen LogP contribution in [0.25, 0.3) is 0 Å². The smallest absolute Gasteiger partial charge is 0.320 e. The molecule has 0 radical (unpaired) electrons. The van der Waals surface area contributed by atoms with Gasteiger partial charge in [0.05, 0.1) is 17.1 Å². The minimum absolute atomic E-state index is 0.104. The zero-order valence-corrected chi connectivity index (χ0v) is 10.7. The number of nitrogens with zero attached hydrogens (tertiary/aromatic N) is 1. The lowest BCUT2D eigenvalue weighted by atomic mass is 10.0. The van der Waals surface area contributed by atoms with Gasteiger partial charge in [0.25, 0.3) is 5.69 Å². The second kappa shape index (κ2) is 6.14. The molecule has 104 valence electrons. The Hall–Kier alpha value is -2.15. The molecule has 1 aromatic carbocycles. The Labute approximate surface area is 110 Å². The lowest BCUT2D eigenvalue weighted by molar-refractivity contribution is -0.385. The first kappa shape index (κ1) is 14.9. The Morgan fingerprint density at radius 1 is 1.53 bits per heavy atom. The summed E-state index contributed by atoms with van der Waals surface area (Å²) in [6.07, 6.45) is -0.208. The van der Waals surface area contributed by atoms with Gasteiger partial charge < -0.3 is 15.6 Å². The number of ether oxygens (including phenoxy) is 1. The molecular formula is C12H16N2O5. The first-order valence-electron chi connectivity index (χ1n) is 5.73. The third-order valence-electron chi connectivity index (χ3n) is 2.38. The monoisotopic (exact) mass is 268 g/mol. The van der Waals surface area contributed by atoms with Crippen LogP contribution in [0.15, 0.2) is 18.2 Å². The molecular weight excluding hydrogens is 252 g/mol. The van der Waals surface area contributed by atoms with Gasteiger partial charge >= 0.3 is 5.97 Å². The van der Waals surface area contributed by atoms with Crippen molar-refractivity contribution in [3.8, 4) is 5.75 Å². The van der Waals surface area contributed by atoms with Gasteiger partial charge in [0.1, 0.15) is 11.8 Å². The van der Waals surface area contributed by atoms with Crippen LogP contribution in [-0.4, -0.2) is 28.1 Å². The van der Waals surface area contributed by atoms with Gasteiger partial charge in [0, 0.05) is 12.0 Å². The third-order valence-corrected chi connectivity index (χ3v) is 2.38. The van der Waals surface area contributed by atoms with Gasteiger partial charge in [-0.2, -0.15) is 0 Å². The van der Waals surface area contributed by atoms with Crippen molar-refractivity contribution in [2.75, 3.05) is 0 Å². The van der Waals surface area contributed by atoms with E-state index < -0.39 is 16.9 Å². The van der Waals surface area contributed by atoms with Crippen molar-refractivity contribution in [2.24, 2.45) is 5.73 Å². The van der Waals surface area contributed by atoms with Crippen LogP contribution in [0.3, 0.4) is 0 Å². The quantitative estimate of drug-likeness (QED) is 0.594. The van der Waals surface area contributed by atoms with Crippen LogP contribution in [0.1, 0.15) is 19.4 Å². The molecule has 3 N–H and O–H groups in total. The van der Waals surface area contributed by atoms with Crippen molar-refractivity contribution in [3.63, 3.8) is 0 Å². The van der Waals surface area contributed by atoms with Crippen molar-refractivity contribution < 1.29 is 19.6 Å². The first-order valence-corrected chi connectivity index (χ1v) is 5.73. The van der Waals surface area contributed by atoms with E-state index in [-0.39, 0.29) is 23.8 Å². The fraction of sp³-hybridized carbons (Fsp3) is 0.417. The highest BCUT2D eigenvalue weighted by molar-refractivity contribution is 5.73. The second-order valence-corrected chi connectivity index (χ2v) is 4.36. The molecule has 0 aliphatic heterocycles. The first-order chi connectivity index (χ1) is 8.81. The highest BCUT2D eigenvalue weighted by atomic mass is 16.6. The molecule has 7 nitrogen and oxygen atoms in total. The predicted molar refractivity (Wildman–Crippen MR) is 68.2 cm³/mol. The number of aliphatic carboxylic acids is 1. The van der Waals surface area contributed by atoms with Crippen molar-refractivity contribution >= 4 is 11.7 Å². The maximum Gasteiger partial charge on any atom is 0.320 e. The molecule has 1 rings (SSSR count). The number of nitro benzene ring substituents is 1. The Kier molecular flexibility index (Phi) is 4.82.